The molecule has 1 unspecified atom stereocenters. The highest BCUT2D eigenvalue weighted by Gasteiger charge is 2.26. The van der Waals surface area contributed by atoms with Gasteiger partial charge in [0.15, 0.2) is 9.84 Å². The third-order valence-corrected chi connectivity index (χ3v) is 5.32. The second-order valence-electron chi connectivity index (χ2n) is 5.91. The van der Waals surface area contributed by atoms with Crippen LogP contribution in [0.5, 0.6) is 11.5 Å². The average molecular weight is 377 g/mol. The Kier molecular flexibility index (Phi) is 7.03. The number of hydrogen-bond donors (Lipinski definition) is 1. The molecule has 0 aliphatic heterocycles. The molecule has 1 atom stereocenters. The minimum Gasteiger partial charge on any atom is -0.490 e. The Balaban J connectivity index is 1.78. The van der Waals surface area contributed by atoms with Crippen molar-refractivity contribution in [1.29, 1.82) is 0 Å². The molecular formula is C19H23NO5S. The van der Waals surface area contributed by atoms with E-state index in [1.165, 1.54) is 0 Å². The summed E-state index contributed by atoms with van der Waals surface area (Å²) in [5, 5.41) is -1.16. The first-order valence-electron chi connectivity index (χ1n) is 8.24. The fourth-order valence-electron chi connectivity index (χ4n) is 2.45. The monoisotopic (exact) mass is 377 g/mol. The molecule has 0 aliphatic rings. The molecule has 6 nitrogen and oxygen atoms in total. The molecule has 26 heavy (non-hydrogen) atoms. The van der Waals surface area contributed by atoms with Gasteiger partial charge >= 0.3 is 0 Å². The van der Waals surface area contributed by atoms with Gasteiger partial charge in [0.05, 0.1) is 0 Å². The third-order valence-electron chi connectivity index (χ3n) is 3.82. The first-order chi connectivity index (χ1) is 12.4. The summed E-state index contributed by atoms with van der Waals surface area (Å²) in [7, 11) is -3.49. The summed E-state index contributed by atoms with van der Waals surface area (Å²) in [6.07, 6.45) is 1.63. The van der Waals surface area contributed by atoms with Gasteiger partial charge in [0, 0.05) is 6.26 Å². The first kappa shape index (κ1) is 19.8. The predicted molar refractivity (Wildman–Crippen MR) is 100 cm³/mol. The van der Waals surface area contributed by atoms with Gasteiger partial charge in [-0.3, -0.25) is 4.79 Å². The molecule has 0 aromatic heterocycles. The number of benzene rings is 2. The summed E-state index contributed by atoms with van der Waals surface area (Å²) in [4.78, 5) is 11.3. The third kappa shape index (κ3) is 6.40. The van der Waals surface area contributed by atoms with Gasteiger partial charge in [0.1, 0.15) is 30.0 Å². The Labute approximate surface area is 153 Å². The second-order valence-corrected chi connectivity index (χ2v) is 8.14. The lowest BCUT2D eigenvalue weighted by atomic mass is 10.1. The number of primary amides is 1. The summed E-state index contributed by atoms with van der Waals surface area (Å²) < 4.78 is 34.3. The Hall–Kier alpha value is -2.54. The molecule has 2 N–H and O–H groups in total. The summed E-state index contributed by atoms with van der Waals surface area (Å²) >= 11 is 0. The van der Waals surface area contributed by atoms with Gasteiger partial charge in [-0.1, -0.05) is 30.3 Å². The van der Waals surface area contributed by atoms with Crippen LogP contribution in [0.15, 0.2) is 54.6 Å². The van der Waals surface area contributed by atoms with E-state index in [2.05, 4.69) is 0 Å². The zero-order valence-corrected chi connectivity index (χ0v) is 15.4. The fraction of sp³-hybridized carbons (Fsp3) is 0.316. The molecule has 2 aromatic carbocycles. The molecule has 0 fully saturated rings. The number of carbonyl (C=O) groups is 1. The van der Waals surface area contributed by atoms with Crippen molar-refractivity contribution in [1.82, 2.24) is 0 Å². The maximum Gasteiger partial charge on any atom is 0.235 e. The smallest absolute Gasteiger partial charge is 0.235 e. The summed E-state index contributed by atoms with van der Waals surface area (Å²) in [5.41, 5.74) is 6.08. The molecule has 0 heterocycles. The van der Waals surface area contributed by atoms with E-state index in [4.69, 9.17) is 15.2 Å². The van der Waals surface area contributed by atoms with Crippen molar-refractivity contribution in [2.24, 2.45) is 5.73 Å². The van der Waals surface area contributed by atoms with E-state index < -0.39 is 21.0 Å². The van der Waals surface area contributed by atoms with Crippen LogP contribution in [-0.4, -0.2) is 39.0 Å². The zero-order chi connectivity index (χ0) is 19.0. The highest BCUT2D eigenvalue weighted by Crippen LogP contribution is 2.16. The van der Waals surface area contributed by atoms with Crippen LogP contribution in [0.1, 0.15) is 12.0 Å². The van der Waals surface area contributed by atoms with E-state index in [1.54, 1.807) is 12.1 Å². The van der Waals surface area contributed by atoms with Gasteiger partial charge < -0.3 is 15.2 Å². The Morgan fingerprint density at radius 1 is 0.962 bits per heavy atom. The quantitative estimate of drug-likeness (QED) is 0.639. The first-order valence-corrected chi connectivity index (χ1v) is 10.2. The predicted octanol–water partition coefficient (Wildman–Crippen LogP) is 1.98. The van der Waals surface area contributed by atoms with Crippen LogP contribution in [0, 0.1) is 0 Å². The molecule has 0 saturated carbocycles. The van der Waals surface area contributed by atoms with Crippen LogP contribution >= 0.6 is 0 Å². The van der Waals surface area contributed by atoms with Crippen LogP contribution < -0.4 is 15.2 Å². The molecule has 140 valence electrons. The number of para-hydroxylation sites is 1. The number of sulfone groups is 1. The van der Waals surface area contributed by atoms with Crippen molar-refractivity contribution in [3.05, 3.63) is 60.2 Å². The van der Waals surface area contributed by atoms with E-state index in [0.29, 0.717) is 25.4 Å². The van der Waals surface area contributed by atoms with Crippen LogP contribution in [-0.2, 0) is 21.1 Å². The molecule has 0 bridgehead atoms. The summed E-state index contributed by atoms with van der Waals surface area (Å²) in [5.74, 6) is 0.673. The van der Waals surface area contributed by atoms with E-state index in [9.17, 15) is 13.2 Å². The molecule has 0 radical (unpaired) electrons. The Bertz CT molecular complexity index is 804. The van der Waals surface area contributed by atoms with Crippen molar-refractivity contribution in [2.75, 3.05) is 19.5 Å². The van der Waals surface area contributed by atoms with E-state index in [0.717, 1.165) is 17.6 Å². The van der Waals surface area contributed by atoms with E-state index in [1.807, 2.05) is 42.5 Å². The Morgan fingerprint density at radius 2 is 1.50 bits per heavy atom. The maximum absolute atomic E-state index is 11.6. The van der Waals surface area contributed by atoms with Crippen molar-refractivity contribution >= 4 is 15.7 Å². The molecule has 0 saturated heterocycles. The number of aryl methyl sites for hydroxylation is 1. The summed E-state index contributed by atoms with van der Waals surface area (Å²) in [6, 6.07) is 16.8. The lowest BCUT2D eigenvalue weighted by molar-refractivity contribution is -0.117. The number of carbonyl (C=O) groups excluding carboxylic acids is 1. The van der Waals surface area contributed by atoms with E-state index in [-0.39, 0.29) is 6.42 Å². The zero-order valence-electron chi connectivity index (χ0n) is 14.6. The minimum absolute atomic E-state index is 0.166. The molecule has 1 amide bonds. The van der Waals surface area contributed by atoms with Gasteiger partial charge in [-0.05, 0) is 42.7 Å². The minimum atomic E-state index is -3.49. The van der Waals surface area contributed by atoms with Crippen LogP contribution in [0.2, 0.25) is 0 Å². The van der Waals surface area contributed by atoms with Crippen molar-refractivity contribution in [2.45, 2.75) is 18.1 Å². The van der Waals surface area contributed by atoms with Crippen molar-refractivity contribution in [3.8, 4) is 11.5 Å². The summed E-state index contributed by atoms with van der Waals surface area (Å²) in [6.45, 7) is 0.840. The average Bonchev–Trinajstić information content (AvgIpc) is 2.59. The molecule has 2 aromatic rings. The molecule has 7 heteroatoms. The largest absolute Gasteiger partial charge is 0.490 e. The van der Waals surface area contributed by atoms with Crippen molar-refractivity contribution in [3.63, 3.8) is 0 Å². The van der Waals surface area contributed by atoms with Crippen molar-refractivity contribution < 1.29 is 22.7 Å². The number of amides is 1. The number of hydrogen-bond acceptors (Lipinski definition) is 5. The standard InChI is InChI=1S/C19H23NO5S/c1-26(22,23)18(19(20)21)12-9-15-7-10-17(11-8-15)25-14-13-24-16-5-3-2-4-6-16/h2-8,10-11,18H,9,12-14H2,1H3,(H2,20,21). The van der Waals surface area contributed by atoms with E-state index >= 15 is 0 Å². The fourth-order valence-corrected chi connectivity index (χ4v) is 3.42. The second kappa shape index (κ2) is 9.24. The van der Waals surface area contributed by atoms with Crippen LogP contribution in [0.25, 0.3) is 0 Å². The normalized spacial score (nSPS) is 12.3. The van der Waals surface area contributed by atoms with Gasteiger partial charge in [0.2, 0.25) is 5.91 Å². The number of nitrogens with two attached hydrogens (primary N) is 1. The highest BCUT2D eigenvalue weighted by molar-refractivity contribution is 7.92. The Morgan fingerprint density at radius 3 is 2.00 bits per heavy atom. The highest BCUT2D eigenvalue weighted by atomic mass is 32.2. The molecule has 2 rings (SSSR count). The molecule has 0 spiro atoms. The number of ether oxygens (including phenoxy) is 2. The molecule has 0 aliphatic carbocycles. The van der Waals surface area contributed by atoms with Crippen LogP contribution in [0.4, 0.5) is 0 Å². The van der Waals surface area contributed by atoms with Gasteiger partial charge in [0.25, 0.3) is 0 Å². The SMILES string of the molecule is CS(=O)(=O)C(CCc1ccc(OCCOc2ccccc2)cc1)C(N)=O. The van der Waals surface area contributed by atoms with Gasteiger partial charge in [-0.15, -0.1) is 0 Å². The van der Waals surface area contributed by atoms with Gasteiger partial charge in [-0.2, -0.15) is 0 Å². The lowest BCUT2D eigenvalue weighted by Crippen LogP contribution is -2.35. The topological polar surface area (TPSA) is 95.7 Å². The lowest BCUT2D eigenvalue weighted by Gasteiger charge is -2.12. The number of rotatable bonds is 10. The maximum atomic E-state index is 11.6. The van der Waals surface area contributed by atoms with Crippen LogP contribution in [0.3, 0.4) is 0 Å². The van der Waals surface area contributed by atoms with Gasteiger partial charge in [-0.25, -0.2) is 8.42 Å². The molecular weight excluding hydrogens is 354 g/mol.